The highest BCUT2D eigenvalue weighted by molar-refractivity contribution is 7.13. The van der Waals surface area contributed by atoms with Gasteiger partial charge in [0.25, 0.3) is 5.91 Å². The third kappa shape index (κ3) is 2.86. The van der Waals surface area contributed by atoms with Crippen LogP contribution in [-0.4, -0.2) is 22.2 Å². The Morgan fingerprint density at radius 1 is 1.35 bits per heavy atom. The lowest BCUT2D eigenvalue weighted by atomic mass is 10.0. The van der Waals surface area contributed by atoms with Crippen LogP contribution in [0.15, 0.2) is 26.9 Å². The Balaban J connectivity index is 1.63. The van der Waals surface area contributed by atoms with E-state index in [1.165, 1.54) is 16.8 Å². The summed E-state index contributed by atoms with van der Waals surface area (Å²) in [5.41, 5.74) is 4.38. The summed E-state index contributed by atoms with van der Waals surface area (Å²) in [7, 11) is 0. The molecular weight excluding hydrogens is 354 g/mol. The van der Waals surface area contributed by atoms with Crippen LogP contribution >= 0.6 is 11.3 Å². The molecule has 3 aromatic rings. The smallest absolute Gasteiger partial charge is 0.339 e. The predicted octanol–water partition coefficient (Wildman–Crippen LogP) is 2.85. The number of aromatic nitrogens is 2. The van der Waals surface area contributed by atoms with E-state index in [1.54, 1.807) is 6.92 Å². The first kappa shape index (κ1) is 16.7. The lowest BCUT2D eigenvalue weighted by molar-refractivity contribution is -0.122. The molecule has 2 heterocycles. The van der Waals surface area contributed by atoms with Crippen molar-refractivity contribution < 1.29 is 13.9 Å². The van der Waals surface area contributed by atoms with Crippen LogP contribution in [0.2, 0.25) is 0 Å². The summed E-state index contributed by atoms with van der Waals surface area (Å²) in [5, 5.41) is 11.5. The van der Waals surface area contributed by atoms with Gasteiger partial charge >= 0.3 is 5.63 Å². The van der Waals surface area contributed by atoms with Gasteiger partial charge < -0.3 is 9.15 Å². The van der Waals surface area contributed by atoms with E-state index in [2.05, 4.69) is 15.5 Å². The molecule has 1 atom stereocenters. The SMILES string of the molecule is Cc1c(OC(C)C(=O)Nc2nncs2)ccc2c3c(c(=O)oc12)CCC3. The minimum absolute atomic E-state index is 0.271. The van der Waals surface area contributed by atoms with Gasteiger partial charge in [-0.15, -0.1) is 10.2 Å². The molecule has 0 radical (unpaired) electrons. The fourth-order valence-corrected chi connectivity index (χ4v) is 3.72. The van der Waals surface area contributed by atoms with Gasteiger partial charge in [-0.25, -0.2) is 4.79 Å². The molecule has 1 aliphatic carbocycles. The fourth-order valence-electron chi connectivity index (χ4n) is 3.27. The van der Waals surface area contributed by atoms with Crippen molar-refractivity contribution in [1.82, 2.24) is 10.2 Å². The molecule has 0 fully saturated rings. The van der Waals surface area contributed by atoms with E-state index in [0.717, 1.165) is 35.8 Å². The summed E-state index contributed by atoms with van der Waals surface area (Å²) in [6.07, 6.45) is 1.89. The number of rotatable bonds is 4. The van der Waals surface area contributed by atoms with E-state index >= 15 is 0 Å². The Kier molecular flexibility index (Phi) is 4.20. The van der Waals surface area contributed by atoms with Gasteiger partial charge in [0.15, 0.2) is 6.10 Å². The van der Waals surface area contributed by atoms with Crippen LogP contribution < -0.4 is 15.7 Å². The standard InChI is InChI=1S/C18H17N3O4S/c1-9-14(24-10(2)16(22)20-18-21-19-8-26-18)7-6-12-11-4-3-5-13(11)17(23)25-15(9)12/h6-8,10H,3-5H2,1-2H3,(H,20,21,22). The number of anilines is 1. The maximum Gasteiger partial charge on any atom is 0.339 e. The third-order valence-corrected chi connectivity index (χ3v) is 5.21. The van der Waals surface area contributed by atoms with Crippen molar-refractivity contribution in [1.29, 1.82) is 0 Å². The molecule has 4 rings (SSSR count). The molecule has 0 saturated carbocycles. The normalized spacial score (nSPS) is 14.2. The molecule has 0 aliphatic heterocycles. The van der Waals surface area contributed by atoms with E-state index < -0.39 is 6.10 Å². The number of aryl methyl sites for hydroxylation is 2. The third-order valence-electron chi connectivity index (χ3n) is 4.60. The van der Waals surface area contributed by atoms with E-state index in [-0.39, 0.29) is 11.5 Å². The molecule has 1 amide bonds. The number of hydrogen-bond donors (Lipinski definition) is 1. The molecular formula is C18H17N3O4S. The fraction of sp³-hybridized carbons (Fsp3) is 0.333. The maximum atomic E-state index is 12.2. The van der Waals surface area contributed by atoms with E-state index in [9.17, 15) is 9.59 Å². The van der Waals surface area contributed by atoms with E-state index in [1.807, 2.05) is 19.1 Å². The number of hydrogen-bond acceptors (Lipinski definition) is 7. The second kappa shape index (κ2) is 6.53. The van der Waals surface area contributed by atoms with Crippen molar-refractivity contribution in [3.8, 4) is 5.75 Å². The first-order valence-corrected chi connectivity index (χ1v) is 9.24. The summed E-state index contributed by atoms with van der Waals surface area (Å²) in [4.78, 5) is 24.4. The van der Waals surface area contributed by atoms with Gasteiger partial charge in [0, 0.05) is 16.5 Å². The Morgan fingerprint density at radius 2 is 2.15 bits per heavy atom. The molecule has 1 aliphatic rings. The monoisotopic (exact) mass is 371 g/mol. The summed E-state index contributed by atoms with van der Waals surface area (Å²) in [6.45, 7) is 3.48. The van der Waals surface area contributed by atoms with Gasteiger partial charge in [0.2, 0.25) is 5.13 Å². The summed E-state index contributed by atoms with van der Waals surface area (Å²) in [6, 6.07) is 3.73. The maximum absolute atomic E-state index is 12.2. The van der Waals surface area contributed by atoms with Gasteiger partial charge in [0.1, 0.15) is 16.8 Å². The number of nitrogens with one attached hydrogen (secondary N) is 1. The van der Waals surface area contributed by atoms with Crippen molar-refractivity contribution >= 4 is 33.3 Å². The van der Waals surface area contributed by atoms with Gasteiger partial charge in [0.05, 0.1) is 0 Å². The minimum Gasteiger partial charge on any atom is -0.480 e. The van der Waals surface area contributed by atoms with E-state index in [0.29, 0.717) is 22.0 Å². The molecule has 134 valence electrons. The predicted molar refractivity (Wildman–Crippen MR) is 97.9 cm³/mol. The average Bonchev–Trinajstić information content (AvgIpc) is 3.30. The van der Waals surface area contributed by atoms with Crippen LogP contribution in [0.3, 0.4) is 0 Å². The molecule has 1 unspecified atom stereocenters. The van der Waals surface area contributed by atoms with Crippen molar-refractivity contribution in [2.45, 2.75) is 39.2 Å². The molecule has 26 heavy (non-hydrogen) atoms. The number of nitrogens with zero attached hydrogens (tertiary/aromatic N) is 2. The van der Waals surface area contributed by atoms with Crippen molar-refractivity contribution in [2.24, 2.45) is 0 Å². The zero-order valence-corrected chi connectivity index (χ0v) is 15.2. The number of amides is 1. The number of fused-ring (bicyclic) bond motifs is 3. The number of ether oxygens (including phenoxy) is 1. The highest BCUT2D eigenvalue weighted by Gasteiger charge is 2.23. The molecule has 2 aromatic heterocycles. The van der Waals surface area contributed by atoms with Gasteiger partial charge in [-0.05, 0) is 50.8 Å². The van der Waals surface area contributed by atoms with Crippen molar-refractivity contribution in [3.05, 3.63) is 44.8 Å². The highest BCUT2D eigenvalue weighted by Crippen LogP contribution is 2.33. The summed E-state index contributed by atoms with van der Waals surface area (Å²) < 4.78 is 11.4. The lowest BCUT2D eigenvalue weighted by Crippen LogP contribution is -2.30. The molecule has 1 aromatic carbocycles. The van der Waals surface area contributed by atoms with Gasteiger partial charge in [-0.1, -0.05) is 11.3 Å². The Labute approximate surface area is 153 Å². The molecule has 0 bridgehead atoms. The number of carbonyl (C=O) groups excluding carboxylic acids is 1. The topological polar surface area (TPSA) is 94.3 Å². The molecule has 0 spiro atoms. The summed E-state index contributed by atoms with van der Waals surface area (Å²) in [5.74, 6) is 0.190. The van der Waals surface area contributed by atoms with Crippen LogP contribution in [0.5, 0.6) is 5.75 Å². The van der Waals surface area contributed by atoms with Crippen molar-refractivity contribution in [2.75, 3.05) is 5.32 Å². The van der Waals surface area contributed by atoms with Crippen LogP contribution in [-0.2, 0) is 17.6 Å². The van der Waals surface area contributed by atoms with Crippen LogP contribution in [0.1, 0.15) is 30.0 Å². The van der Waals surface area contributed by atoms with Crippen molar-refractivity contribution in [3.63, 3.8) is 0 Å². The van der Waals surface area contributed by atoms with Crippen LogP contribution in [0, 0.1) is 6.92 Å². The zero-order chi connectivity index (χ0) is 18.3. The molecule has 1 N–H and O–H groups in total. The lowest BCUT2D eigenvalue weighted by Gasteiger charge is -2.16. The quantitative estimate of drug-likeness (QED) is 0.709. The van der Waals surface area contributed by atoms with E-state index in [4.69, 9.17) is 9.15 Å². The molecule has 7 nitrogen and oxygen atoms in total. The zero-order valence-electron chi connectivity index (χ0n) is 14.4. The van der Waals surface area contributed by atoms with Crippen LogP contribution in [0.4, 0.5) is 5.13 Å². The van der Waals surface area contributed by atoms with Crippen LogP contribution in [0.25, 0.3) is 11.0 Å². The Bertz CT molecular complexity index is 1040. The molecule has 0 saturated heterocycles. The number of benzene rings is 1. The molecule has 8 heteroatoms. The largest absolute Gasteiger partial charge is 0.480 e. The second-order valence-electron chi connectivity index (χ2n) is 6.26. The first-order chi connectivity index (χ1) is 12.5. The summed E-state index contributed by atoms with van der Waals surface area (Å²) >= 11 is 1.23. The average molecular weight is 371 g/mol. The van der Waals surface area contributed by atoms with Gasteiger partial charge in [-0.3, -0.25) is 10.1 Å². The minimum atomic E-state index is -0.740. The number of carbonyl (C=O) groups is 1. The first-order valence-electron chi connectivity index (χ1n) is 8.36. The Morgan fingerprint density at radius 3 is 2.92 bits per heavy atom. The Hall–Kier alpha value is -2.74. The second-order valence-corrected chi connectivity index (χ2v) is 7.09. The highest BCUT2D eigenvalue weighted by atomic mass is 32.1. The van der Waals surface area contributed by atoms with Gasteiger partial charge in [-0.2, -0.15) is 0 Å².